The highest BCUT2D eigenvalue weighted by Gasteiger charge is 2.19. The van der Waals surface area contributed by atoms with E-state index in [-0.39, 0.29) is 0 Å². The molecule has 2 aromatic heterocycles. The summed E-state index contributed by atoms with van der Waals surface area (Å²) in [7, 11) is 1.96. The zero-order valence-corrected chi connectivity index (χ0v) is 12.5. The predicted molar refractivity (Wildman–Crippen MR) is 74.8 cm³/mol. The molecule has 0 bridgehead atoms. The fraction of sp³-hybridized carbons (Fsp3) is 0.692. The van der Waals surface area contributed by atoms with Crippen molar-refractivity contribution in [3.63, 3.8) is 0 Å². The lowest BCUT2D eigenvalue weighted by atomic mass is 9.98. The summed E-state index contributed by atoms with van der Waals surface area (Å²) in [5.74, 6) is 2.61. The molecule has 0 saturated heterocycles. The van der Waals surface area contributed by atoms with Crippen LogP contribution in [0, 0.1) is 18.8 Å². The van der Waals surface area contributed by atoms with Crippen LogP contribution < -0.4 is 0 Å². The van der Waals surface area contributed by atoms with Crippen molar-refractivity contribution in [2.45, 2.75) is 40.1 Å². The summed E-state index contributed by atoms with van der Waals surface area (Å²) in [6.45, 7) is 9.68. The Balaban J connectivity index is 2.52. The Morgan fingerprint density at radius 1 is 1.28 bits per heavy atom. The number of aromatic nitrogens is 4. The van der Waals surface area contributed by atoms with Gasteiger partial charge in [-0.25, -0.2) is 4.98 Å². The normalized spacial score (nSPS) is 13.7. The van der Waals surface area contributed by atoms with Crippen LogP contribution in [0.25, 0.3) is 11.2 Å². The van der Waals surface area contributed by atoms with Crippen LogP contribution in [0.15, 0.2) is 0 Å². The highest BCUT2D eigenvalue weighted by molar-refractivity contribution is 6.16. The molecule has 0 saturated carbocycles. The number of aryl methyl sites for hydroxylation is 2. The standard InChI is InChI=1S/C13H21ClN4/c1-8(2)9(3)7-18-11(6-14)15-12-10(4)16-17(5)13(12)18/h8-9H,6-7H2,1-5H3. The molecule has 0 N–H and O–H groups in total. The van der Waals surface area contributed by atoms with E-state index in [0.717, 1.165) is 29.2 Å². The number of rotatable bonds is 4. The molecule has 0 fully saturated rings. The third kappa shape index (κ3) is 2.14. The van der Waals surface area contributed by atoms with Crippen LogP contribution in [0.3, 0.4) is 0 Å². The number of imidazole rings is 1. The molecule has 0 aliphatic rings. The highest BCUT2D eigenvalue weighted by Crippen LogP contribution is 2.23. The van der Waals surface area contributed by atoms with E-state index in [9.17, 15) is 0 Å². The van der Waals surface area contributed by atoms with Crippen molar-refractivity contribution in [3.05, 3.63) is 11.5 Å². The van der Waals surface area contributed by atoms with Gasteiger partial charge in [-0.3, -0.25) is 4.68 Å². The van der Waals surface area contributed by atoms with Crippen molar-refractivity contribution in [1.82, 2.24) is 19.3 Å². The van der Waals surface area contributed by atoms with E-state index in [0.29, 0.717) is 17.7 Å². The number of alkyl halides is 1. The summed E-state index contributed by atoms with van der Waals surface area (Å²) in [6, 6.07) is 0. The molecule has 100 valence electrons. The minimum Gasteiger partial charge on any atom is -0.312 e. The van der Waals surface area contributed by atoms with Crippen LogP contribution in [0.5, 0.6) is 0 Å². The van der Waals surface area contributed by atoms with Gasteiger partial charge in [-0.2, -0.15) is 5.10 Å². The highest BCUT2D eigenvalue weighted by atomic mass is 35.5. The Labute approximate surface area is 113 Å². The molecule has 0 aliphatic heterocycles. The maximum Gasteiger partial charge on any atom is 0.158 e. The molecule has 2 heterocycles. The van der Waals surface area contributed by atoms with Crippen LogP contribution in [0.4, 0.5) is 0 Å². The minimum atomic E-state index is 0.443. The van der Waals surface area contributed by atoms with Gasteiger partial charge in [0.05, 0.1) is 11.6 Å². The van der Waals surface area contributed by atoms with Crippen molar-refractivity contribution in [1.29, 1.82) is 0 Å². The van der Waals surface area contributed by atoms with Gasteiger partial charge in [-0.05, 0) is 18.8 Å². The molecule has 0 amide bonds. The number of nitrogens with zero attached hydrogens (tertiary/aromatic N) is 4. The third-order valence-corrected chi connectivity index (χ3v) is 3.94. The summed E-state index contributed by atoms with van der Waals surface area (Å²) in [5.41, 5.74) is 3.02. The molecule has 5 heteroatoms. The summed E-state index contributed by atoms with van der Waals surface area (Å²) in [6.07, 6.45) is 0. The van der Waals surface area contributed by atoms with Crippen LogP contribution >= 0.6 is 11.6 Å². The summed E-state index contributed by atoms with van der Waals surface area (Å²) >= 11 is 6.02. The maximum absolute atomic E-state index is 6.02. The SMILES string of the molecule is Cc1nn(C)c2c1nc(CCl)n2CC(C)C(C)C. The largest absolute Gasteiger partial charge is 0.312 e. The first-order valence-corrected chi connectivity index (χ1v) is 6.93. The number of hydrogen-bond donors (Lipinski definition) is 0. The van der Waals surface area contributed by atoms with E-state index >= 15 is 0 Å². The Kier molecular flexibility index (Phi) is 3.66. The monoisotopic (exact) mass is 268 g/mol. The fourth-order valence-corrected chi connectivity index (χ4v) is 2.38. The first-order chi connectivity index (χ1) is 8.45. The van der Waals surface area contributed by atoms with Gasteiger partial charge < -0.3 is 4.57 Å². The van der Waals surface area contributed by atoms with E-state index in [1.54, 1.807) is 0 Å². The summed E-state index contributed by atoms with van der Waals surface area (Å²) in [4.78, 5) is 4.61. The topological polar surface area (TPSA) is 35.6 Å². The van der Waals surface area contributed by atoms with Gasteiger partial charge in [0.25, 0.3) is 0 Å². The van der Waals surface area contributed by atoms with Crippen LogP contribution in [-0.2, 0) is 19.5 Å². The van der Waals surface area contributed by atoms with E-state index in [1.165, 1.54) is 0 Å². The second-order valence-corrected chi connectivity index (χ2v) is 5.64. The maximum atomic E-state index is 6.02. The smallest absolute Gasteiger partial charge is 0.158 e. The molecule has 0 aromatic carbocycles. The van der Waals surface area contributed by atoms with Gasteiger partial charge >= 0.3 is 0 Å². The Hall–Kier alpha value is -1.03. The van der Waals surface area contributed by atoms with Gasteiger partial charge in [-0.15, -0.1) is 11.6 Å². The van der Waals surface area contributed by atoms with Crippen molar-refractivity contribution in [2.75, 3.05) is 0 Å². The quantitative estimate of drug-likeness (QED) is 0.799. The van der Waals surface area contributed by atoms with E-state index in [4.69, 9.17) is 11.6 Å². The lowest BCUT2D eigenvalue weighted by Crippen LogP contribution is -2.16. The molecule has 1 atom stereocenters. The van der Waals surface area contributed by atoms with Gasteiger partial charge in [0.15, 0.2) is 5.65 Å². The Morgan fingerprint density at radius 3 is 2.50 bits per heavy atom. The van der Waals surface area contributed by atoms with Crippen molar-refractivity contribution in [3.8, 4) is 0 Å². The second-order valence-electron chi connectivity index (χ2n) is 5.37. The van der Waals surface area contributed by atoms with Gasteiger partial charge in [0, 0.05) is 13.6 Å². The van der Waals surface area contributed by atoms with Crippen molar-refractivity contribution < 1.29 is 0 Å². The molecule has 2 rings (SSSR count). The number of hydrogen-bond acceptors (Lipinski definition) is 2. The zero-order valence-electron chi connectivity index (χ0n) is 11.7. The van der Waals surface area contributed by atoms with Gasteiger partial charge in [-0.1, -0.05) is 20.8 Å². The van der Waals surface area contributed by atoms with Crippen LogP contribution in [0.1, 0.15) is 32.3 Å². The van der Waals surface area contributed by atoms with E-state index in [2.05, 4.69) is 35.4 Å². The first-order valence-electron chi connectivity index (χ1n) is 6.40. The van der Waals surface area contributed by atoms with Crippen LogP contribution in [-0.4, -0.2) is 19.3 Å². The van der Waals surface area contributed by atoms with Gasteiger partial charge in [0.2, 0.25) is 0 Å². The molecule has 0 spiro atoms. The number of halogens is 1. The Morgan fingerprint density at radius 2 is 1.94 bits per heavy atom. The lowest BCUT2D eigenvalue weighted by molar-refractivity contribution is 0.363. The summed E-state index contributed by atoms with van der Waals surface area (Å²) in [5, 5.41) is 4.43. The third-order valence-electron chi connectivity index (χ3n) is 3.70. The fourth-order valence-electron chi connectivity index (χ4n) is 2.17. The van der Waals surface area contributed by atoms with Crippen LogP contribution in [0.2, 0.25) is 0 Å². The molecular formula is C13H21ClN4. The summed E-state index contributed by atoms with van der Waals surface area (Å²) < 4.78 is 4.12. The Bertz CT molecular complexity index is 553. The molecule has 4 nitrogen and oxygen atoms in total. The second kappa shape index (κ2) is 4.92. The average Bonchev–Trinajstić information content (AvgIpc) is 2.79. The van der Waals surface area contributed by atoms with E-state index < -0.39 is 0 Å². The zero-order chi connectivity index (χ0) is 13.4. The lowest BCUT2D eigenvalue weighted by Gasteiger charge is -2.18. The van der Waals surface area contributed by atoms with E-state index in [1.807, 2.05) is 18.7 Å². The van der Waals surface area contributed by atoms with Crippen molar-refractivity contribution in [2.24, 2.45) is 18.9 Å². The molecule has 0 radical (unpaired) electrons. The molecule has 0 aliphatic carbocycles. The van der Waals surface area contributed by atoms with Crippen molar-refractivity contribution >= 4 is 22.8 Å². The number of fused-ring (bicyclic) bond motifs is 1. The molecule has 1 unspecified atom stereocenters. The predicted octanol–water partition coefficient (Wildman–Crippen LogP) is 3.11. The molecule has 18 heavy (non-hydrogen) atoms. The molecular weight excluding hydrogens is 248 g/mol. The first kappa shape index (κ1) is 13.4. The van der Waals surface area contributed by atoms with Gasteiger partial charge in [0.1, 0.15) is 11.3 Å². The average molecular weight is 269 g/mol. The minimum absolute atomic E-state index is 0.443. The molecule has 2 aromatic rings.